The van der Waals surface area contributed by atoms with E-state index in [0.29, 0.717) is 12.8 Å². The van der Waals surface area contributed by atoms with Crippen molar-refractivity contribution in [1.29, 1.82) is 0 Å². The Balaban J connectivity index is 2.21. The Morgan fingerprint density at radius 2 is 1.61 bits per heavy atom. The minimum atomic E-state index is -1.31. The predicted octanol–water partition coefficient (Wildman–Crippen LogP) is 1.37. The first kappa shape index (κ1) is 17.9. The van der Waals surface area contributed by atoms with Crippen LogP contribution >= 0.6 is 0 Å². The molecule has 0 bridgehead atoms. The van der Waals surface area contributed by atoms with Crippen molar-refractivity contribution < 1.29 is 33.3 Å². The molecule has 1 saturated carbocycles. The second kappa shape index (κ2) is 7.40. The Hall–Kier alpha value is -1.47. The number of ether oxygens (including phenoxy) is 4. The predicted molar refractivity (Wildman–Crippen MR) is 78.4 cm³/mol. The fourth-order valence-corrected chi connectivity index (χ4v) is 3.15. The largest absolute Gasteiger partial charge is 0.464 e. The Morgan fingerprint density at radius 1 is 1.09 bits per heavy atom. The lowest BCUT2D eigenvalue weighted by atomic mass is 9.82. The molecule has 0 radical (unpaired) electrons. The highest BCUT2D eigenvalue weighted by Crippen LogP contribution is 2.41. The molecule has 0 aromatic heterocycles. The van der Waals surface area contributed by atoms with Gasteiger partial charge in [0, 0.05) is 6.42 Å². The molecule has 0 amide bonds. The molecular formula is C16H24O7. The second-order valence-corrected chi connectivity index (χ2v) is 5.86. The zero-order valence-corrected chi connectivity index (χ0v) is 13.8. The second-order valence-electron chi connectivity index (χ2n) is 5.86. The van der Waals surface area contributed by atoms with Gasteiger partial charge in [-0.3, -0.25) is 4.79 Å². The normalized spacial score (nSPS) is 30.0. The number of ketones is 1. The lowest BCUT2D eigenvalue weighted by Gasteiger charge is -2.33. The third-order valence-corrected chi connectivity index (χ3v) is 4.22. The van der Waals surface area contributed by atoms with E-state index in [0.717, 1.165) is 12.8 Å². The first-order chi connectivity index (χ1) is 10.9. The summed E-state index contributed by atoms with van der Waals surface area (Å²) in [5.41, 5.74) is 0. The van der Waals surface area contributed by atoms with Crippen LogP contribution in [-0.4, -0.2) is 48.9 Å². The van der Waals surface area contributed by atoms with Gasteiger partial charge in [-0.15, -0.1) is 0 Å². The summed E-state index contributed by atoms with van der Waals surface area (Å²) in [6.07, 6.45) is 0.366. The summed E-state index contributed by atoms with van der Waals surface area (Å²) in [6, 6.07) is 0. The van der Waals surface area contributed by atoms with Gasteiger partial charge < -0.3 is 18.9 Å². The van der Waals surface area contributed by atoms with Crippen molar-refractivity contribution in [3.8, 4) is 0 Å². The number of hydrogen-bond donors (Lipinski definition) is 0. The van der Waals surface area contributed by atoms with Crippen molar-refractivity contribution in [3.05, 3.63) is 0 Å². The molecular weight excluding hydrogens is 304 g/mol. The molecule has 23 heavy (non-hydrogen) atoms. The standard InChI is InChI=1S/C16H24O7/c1-4-20-14(18)12-13(15(19)21-5-2)23-16(3,22-12)10-8-6-7-9-11(10)17/h10,12-13H,4-9H2,1-3H3/t10-,12+,13+/m0/s1. The Bertz CT molecular complexity index is 447. The van der Waals surface area contributed by atoms with E-state index in [4.69, 9.17) is 18.9 Å². The van der Waals surface area contributed by atoms with Gasteiger partial charge >= 0.3 is 11.9 Å². The van der Waals surface area contributed by atoms with E-state index in [9.17, 15) is 14.4 Å². The quantitative estimate of drug-likeness (QED) is 0.704. The zero-order chi connectivity index (χ0) is 17.0. The maximum absolute atomic E-state index is 12.2. The molecule has 0 spiro atoms. The molecule has 0 aromatic carbocycles. The summed E-state index contributed by atoms with van der Waals surface area (Å²) in [4.78, 5) is 36.4. The first-order valence-electron chi connectivity index (χ1n) is 8.14. The van der Waals surface area contributed by atoms with Crippen molar-refractivity contribution in [2.45, 2.75) is 64.4 Å². The van der Waals surface area contributed by atoms with E-state index in [2.05, 4.69) is 0 Å². The van der Waals surface area contributed by atoms with Crippen LogP contribution in [0.3, 0.4) is 0 Å². The third-order valence-electron chi connectivity index (χ3n) is 4.22. The molecule has 1 saturated heterocycles. The van der Waals surface area contributed by atoms with Crippen molar-refractivity contribution in [3.63, 3.8) is 0 Å². The summed E-state index contributed by atoms with van der Waals surface area (Å²) < 4.78 is 21.4. The van der Waals surface area contributed by atoms with E-state index in [-0.39, 0.29) is 19.0 Å². The number of Topliss-reactive ketones (excluding diaryl/α,β-unsaturated/α-hetero) is 1. The molecule has 2 aliphatic rings. The summed E-state index contributed by atoms with van der Waals surface area (Å²) in [5, 5.41) is 0. The van der Waals surface area contributed by atoms with Gasteiger partial charge in [0.25, 0.3) is 0 Å². The maximum atomic E-state index is 12.2. The molecule has 0 aromatic rings. The number of rotatable bonds is 5. The van der Waals surface area contributed by atoms with Crippen molar-refractivity contribution in [2.75, 3.05) is 13.2 Å². The maximum Gasteiger partial charge on any atom is 0.338 e. The topological polar surface area (TPSA) is 88.1 Å². The molecule has 1 aliphatic carbocycles. The van der Waals surface area contributed by atoms with E-state index in [1.165, 1.54) is 0 Å². The van der Waals surface area contributed by atoms with E-state index in [1.807, 2.05) is 0 Å². The van der Waals surface area contributed by atoms with Crippen LogP contribution in [0.2, 0.25) is 0 Å². The number of carbonyl (C=O) groups excluding carboxylic acids is 3. The van der Waals surface area contributed by atoms with Crippen molar-refractivity contribution in [2.24, 2.45) is 5.92 Å². The zero-order valence-electron chi connectivity index (χ0n) is 13.8. The number of esters is 2. The molecule has 1 heterocycles. The van der Waals surface area contributed by atoms with Crippen LogP contribution in [0.5, 0.6) is 0 Å². The van der Waals surface area contributed by atoms with Crippen LogP contribution in [0.4, 0.5) is 0 Å². The Labute approximate surface area is 135 Å². The van der Waals surface area contributed by atoms with Gasteiger partial charge in [0.05, 0.1) is 19.1 Å². The van der Waals surface area contributed by atoms with Gasteiger partial charge in [0.15, 0.2) is 18.0 Å². The fraction of sp³-hybridized carbons (Fsp3) is 0.812. The average Bonchev–Trinajstić information content (AvgIpc) is 2.87. The Kier molecular flexibility index (Phi) is 5.75. The van der Waals surface area contributed by atoms with E-state index in [1.54, 1.807) is 20.8 Å². The van der Waals surface area contributed by atoms with Crippen LogP contribution in [0, 0.1) is 5.92 Å². The molecule has 0 unspecified atom stereocenters. The van der Waals surface area contributed by atoms with Gasteiger partial charge in [0.2, 0.25) is 0 Å². The molecule has 3 atom stereocenters. The van der Waals surface area contributed by atoms with Gasteiger partial charge in [-0.05, 0) is 33.6 Å². The summed E-state index contributed by atoms with van der Waals surface area (Å²) in [7, 11) is 0. The van der Waals surface area contributed by atoms with E-state index < -0.39 is 35.9 Å². The summed E-state index contributed by atoms with van der Waals surface area (Å²) in [6.45, 7) is 5.25. The highest BCUT2D eigenvalue weighted by molar-refractivity contribution is 5.87. The van der Waals surface area contributed by atoms with Gasteiger partial charge in [0.1, 0.15) is 5.78 Å². The summed E-state index contributed by atoms with van der Waals surface area (Å²) >= 11 is 0. The highest BCUT2D eigenvalue weighted by atomic mass is 16.8. The molecule has 7 heteroatoms. The Morgan fingerprint density at radius 3 is 2.04 bits per heavy atom. The molecule has 2 fully saturated rings. The highest BCUT2D eigenvalue weighted by Gasteiger charge is 2.57. The monoisotopic (exact) mass is 328 g/mol. The van der Waals surface area contributed by atoms with Crippen LogP contribution in [0.15, 0.2) is 0 Å². The SMILES string of the molecule is CCOC(=O)[C@@H]1OC(C)([C@H]2CCCCC2=O)O[C@H]1C(=O)OCC. The van der Waals surface area contributed by atoms with Crippen LogP contribution in [0.1, 0.15) is 46.5 Å². The molecule has 2 rings (SSSR count). The minimum Gasteiger partial charge on any atom is -0.464 e. The fourth-order valence-electron chi connectivity index (χ4n) is 3.15. The lowest BCUT2D eigenvalue weighted by Crippen LogP contribution is -2.43. The molecule has 7 nitrogen and oxygen atoms in total. The van der Waals surface area contributed by atoms with Gasteiger partial charge in [-0.2, -0.15) is 0 Å². The van der Waals surface area contributed by atoms with Crippen LogP contribution < -0.4 is 0 Å². The smallest absolute Gasteiger partial charge is 0.338 e. The van der Waals surface area contributed by atoms with Crippen LogP contribution in [-0.2, 0) is 33.3 Å². The first-order valence-corrected chi connectivity index (χ1v) is 8.14. The average molecular weight is 328 g/mol. The minimum absolute atomic E-state index is 0.0332. The van der Waals surface area contributed by atoms with Gasteiger partial charge in [-0.1, -0.05) is 6.42 Å². The third kappa shape index (κ3) is 3.72. The number of carbonyl (C=O) groups is 3. The van der Waals surface area contributed by atoms with E-state index >= 15 is 0 Å². The van der Waals surface area contributed by atoms with Crippen LogP contribution in [0.25, 0.3) is 0 Å². The summed E-state index contributed by atoms with van der Waals surface area (Å²) in [5.74, 6) is -3.14. The number of hydrogen-bond acceptors (Lipinski definition) is 7. The molecule has 1 aliphatic heterocycles. The lowest BCUT2D eigenvalue weighted by molar-refractivity contribution is -0.209. The molecule has 130 valence electrons. The van der Waals surface area contributed by atoms with Crippen molar-refractivity contribution >= 4 is 17.7 Å². The molecule has 0 N–H and O–H groups in total. The van der Waals surface area contributed by atoms with Gasteiger partial charge in [-0.25, -0.2) is 9.59 Å². The van der Waals surface area contributed by atoms with Crippen molar-refractivity contribution in [1.82, 2.24) is 0 Å².